The highest BCUT2D eigenvalue weighted by molar-refractivity contribution is 6.32. The van der Waals surface area contributed by atoms with Crippen LogP contribution in [0.3, 0.4) is 0 Å². The van der Waals surface area contributed by atoms with Gasteiger partial charge >= 0.3 is 0 Å². The number of H-pyrrole nitrogens is 1. The fraction of sp³-hybridized carbons (Fsp3) is 0.111. The average molecular weight is 197 g/mol. The summed E-state index contributed by atoms with van der Waals surface area (Å²) in [5, 5.41) is 10.3. The van der Waals surface area contributed by atoms with Crippen molar-refractivity contribution in [3.63, 3.8) is 0 Å². The number of halogens is 1. The summed E-state index contributed by atoms with van der Waals surface area (Å²) in [6.07, 6.45) is 1.86. The molecule has 0 aliphatic heterocycles. The number of rotatable bonds is 2. The van der Waals surface area contributed by atoms with Crippen molar-refractivity contribution < 1.29 is 5.21 Å². The molecule has 0 aliphatic carbocycles. The van der Waals surface area contributed by atoms with E-state index in [9.17, 15) is 0 Å². The lowest BCUT2D eigenvalue weighted by atomic mass is 10.1. The van der Waals surface area contributed by atoms with Crippen LogP contribution >= 0.6 is 11.6 Å². The van der Waals surface area contributed by atoms with Gasteiger partial charge in [0.15, 0.2) is 0 Å². The van der Waals surface area contributed by atoms with Gasteiger partial charge in [0.05, 0.1) is 0 Å². The second-order valence-electron chi connectivity index (χ2n) is 2.84. The van der Waals surface area contributed by atoms with E-state index < -0.39 is 0 Å². The minimum absolute atomic E-state index is 0.355. The van der Waals surface area contributed by atoms with E-state index in [1.807, 2.05) is 24.4 Å². The molecule has 1 heterocycles. The van der Waals surface area contributed by atoms with Gasteiger partial charge in [0.1, 0.15) is 0 Å². The quantitative estimate of drug-likeness (QED) is 0.646. The molecule has 0 radical (unpaired) electrons. The number of benzene rings is 1. The summed E-state index contributed by atoms with van der Waals surface area (Å²) in [5.41, 5.74) is 3.98. The van der Waals surface area contributed by atoms with E-state index in [-0.39, 0.29) is 0 Å². The number of fused-ring (bicyclic) bond motifs is 1. The fourth-order valence-electron chi connectivity index (χ4n) is 1.34. The predicted molar refractivity (Wildman–Crippen MR) is 51.9 cm³/mol. The lowest BCUT2D eigenvalue weighted by molar-refractivity contribution is 0.161. The van der Waals surface area contributed by atoms with Crippen molar-refractivity contribution >= 4 is 22.5 Å². The van der Waals surface area contributed by atoms with Gasteiger partial charge in [-0.15, -0.1) is 0 Å². The first-order valence-electron chi connectivity index (χ1n) is 3.94. The minimum atomic E-state index is 0.355. The summed E-state index contributed by atoms with van der Waals surface area (Å²) >= 11 is 5.97. The topological polar surface area (TPSA) is 48.0 Å². The molecule has 68 valence electrons. The van der Waals surface area contributed by atoms with Crippen LogP contribution in [0, 0.1) is 0 Å². The van der Waals surface area contributed by atoms with Crippen molar-refractivity contribution in [1.29, 1.82) is 0 Å². The standard InChI is InChI=1S/C9H9ClN2O/c10-8-3-6-1-2-11-9(6)4-7(8)5-12-13/h1-4,11-13H,5H2. The van der Waals surface area contributed by atoms with Gasteiger partial charge in [0.2, 0.25) is 0 Å². The zero-order chi connectivity index (χ0) is 9.26. The summed E-state index contributed by atoms with van der Waals surface area (Å²) < 4.78 is 0. The molecule has 13 heavy (non-hydrogen) atoms. The Morgan fingerprint density at radius 3 is 3.08 bits per heavy atom. The molecule has 1 aromatic heterocycles. The zero-order valence-electron chi connectivity index (χ0n) is 6.84. The highest BCUT2D eigenvalue weighted by atomic mass is 35.5. The van der Waals surface area contributed by atoms with Gasteiger partial charge in [0.25, 0.3) is 0 Å². The molecule has 4 heteroatoms. The smallest absolute Gasteiger partial charge is 0.0473 e. The van der Waals surface area contributed by atoms with E-state index in [0.29, 0.717) is 11.6 Å². The third kappa shape index (κ3) is 1.54. The third-order valence-corrected chi connectivity index (χ3v) is 2.34. The first-order valence-corrected chi connectivity index (χ1v) is 4.31. The van der Waals surface area contributed by atoms with Crippen molar-refractivity contribution in [3.05, 3.63) is 35.0 Å². The monoisotopic (exact) mass is 196 g/mol. The summed E-state index contributed by atoms with van der Waals surface area (Å²) in [6.45, 7) is 0.355. The zero-order valence-corrected chi connectivity index (χ0v) is 7.60. The summed E-state index contributed by atoms with van der Waals surface area (Å²) in [5.74, 6) is 0. The van der Waals surface area contributed by atoms with Crippen LogP contribution in [-0.2, 0) is 6.54 Å². The first kappa shape index (κ1) is 8.56. The van der Waals surface area contributed by atoms with Gasteiger partial charge in [0, 0.05) is 28.7 Å². The van der Waals surface area contributed by atoms with Crippen LogP contribution in [0.25, 0.3) is 10.9 Å². The van der Waals surface area contributed by atoms with Crippen LogP contribution in [0.4, 0.5) is 0 Å². The van der Waals surface area contributed by atoms with Crippen LogP contribution in [0.1, 0.15) is 5.56 Å². The van der Waals surface area contributed by atoms with Crippen LogP contribution in [0.15, 0.2) is 24.4 Å². The van der Waals surface area contributed by atoms with Crippen molar-refractivity contribution in [3.8, 4) is 0 Å². The Bertz CT molecular complexity index is 424. The van der Waals surface area contributed by atoms with E-state index in [0.717, 1.165) is 16.5 Å². The highest BCUT2D eigenvalue weighted by Crippen LogP contribution is 2.22. The van der Waals surface area contributed by atoms with Crippen LogP contribution in [-0.4, -0.2) is 10.2 Å². The largest absolute Gasteiger partial charge is 0.361 e. The fourth-order valence-corrected chi connectivity index (χ4v) is 1.58. The SMILES string of the molecule is ONCc1cc2[nH]ccc2cc1Cl. The molecule has 0 aliphatic rings. The molecule has 0 bridgehead atoms. The van der Waals surface area contributed by atoms with E-state index in [1.165, 1.54) is 0 Å². The molecule has 0 unspecified atom stereocenters. The molecule has 2 aromatic rings. The molecule has 0 fully saturated rings. The average Bonchev–Trinajstić information content (AvgIpc) is 2.52. The van der Waals surface area contributed by atoms with Crippen molar-refractivity contribution in [2.45, 2.75) is 6.54 Å². The molecule has 0 saturated heterocycles. The maximum atomic E-state index is 8.55. The number of nitrogens with one attached hydrogen (secondary N) is 2. The van der Waals surface area contributed by atoms with Crippen molar-refractivity contribution in [2.75, 3.05) is 0 Å². The van der Waals surface area contributed by atoms with Gasteiger partial charge in [-0.1, -0.05) is 11.6 Å². The number of hydroxylamine groups is 1. The Labute approximate surface area is 80.3 Å². The van der Waals surface area contributed by atoms with E-state index in [2.05, 4.69) is 10.5 Å². The summed E-state index contributed by atoms with van der Waals surface area (Å²) in [4.78, 5) is 3.08. The number of hydrogen-bond acceptors (Lipinski definition) is 2. The summed E-state index contributed by atoms with van der Waals surface area (Å²) in [6, 6.07) is 5.75. The number of hydrogen-bond donors (Lipinski definition) is 3. The normalized spacial score (nSPS) is 10.9. The molecule has 2 rings (SSSR count). The van der Waals surface area contributed by atoms with Gasteiger partial charge in [-0.3, -0.25) is 0 Å². The predicted octanol–water partition coefficient (Wildman–Crippen LogP) is 2.30. The maximum absolute atomic E-state index is 8.55. The maximum Gasteiger partial charge on any atom is 0.0473 e. The Hall–Kier alpha value is -1.03. The van der Waals surface area contributed by atoms with Crippen molar-refractivity contribution in [2.24, 2.45) is 0 Å². The number of aromatic nitrogens is 1. The molecular weight excluding hydrogens is 188 g/mol. The first-order chi connectivity index (χ1) is 6.31. The van der Waals surface area contributed by atoms with Crippen LogP contribution in [0.5, 0.6) is 0 Å². The number of aromatic amines is 1. The van der Waals surface area contributed by atoms with Gasteiger partial charge in [-0.05, 0) is 23.8 Å². The molecule has 3 N–H and O–H groups in total. The van der Waals surface area contributed by atoms with Crippen LogP contribution < -0.4 is 5.48 Å². The van der Waals surface area contributed by atoms with Crippen LogP contribution in [0.2, 0.25) is 5.02 Å². The van der Waals surface area contributed by atoms with E-state index in [1.54, 1.807) is 0 Å². The third-order valence-electron chi connectivity index (χ3n) is 1.99. The van der Waals surface area contributed by atoms with E-state index >= 15 is 0 Å². The highest BCUT2D eigenvalue weighted by Gasteiger charge is 2.02. The molecule has 1 aromatic carbocycles. The molecule has 0 amide bonds. The lowest BCUT2D eigenvalue weighted by Crippen LogP contribution is -2.06. The Kier molecular flexibility index (Phi) is 2.22. The molecule has 0 atom stereocenters. The van der Waals surface area contributed by atoms with Crippen molar-refractivity contribution in [1.82, 2.24) is 10.5 Å². The molecule has 0 saturated carbocycles. The Morgan fingerprint density at radius 1 is 1.46 bits per heavy atom. The Morgan fingerprint density at radius 2 is 2.31 bits per heavy atom. The second kappa shape index (κ2) is 3.38. The summed E-state index contributed by atoms with van der Waals surface area (Å²) in [7, 11) is 0. The molecule has 3 nitrogen and oxygen atoms in total. The van der Waals surface area contributed by atoms with Gasteiger partial charge < -0.3 is 10.2 Å². The molecular formula is C9H9ClN2O. The van der Waals surface area contributed by atoms with Gasteiger partial charge in [-0.2, -0.15) is 0 Å². The second-order valence-corrected chi connectivity index (χ2v) is 3.25. The van der Waals surface area contributed by atoms with Gasteiger partial charge in [-0.25, -0.2) is 5.48 Å². The molecule has 0 spiro atoms. The minimum Gasteiger partial charge on any atom is -0.361 e. The Balaban J connectivity index is 2.56. The van der Waals surface area contributed by atoms with E-state index in [4.69, 9.17) is 16.8 Å². The lowest BCUT2D eigenvalue weighted by Gasteiger charge is -2.02.